The summed E-state index contributed by atoms with van der Waals surface area (Å²) in [6.45, 7) is 4.37. The minimum Gasteiger partial charge on any atom is -0.464 e. The van der Waals surface area contributed by atoms with Crippen LogP contribution in [-0.4, -0.2) is 44.4 Å². The first kappa shape index (κ1) is 16.1. The Kier molecular flexibility index (Phi) is 5.45. The molecule has 0 bridgehead atoms. The van der Waals surface area contributed by atoms with Crippen molar-refractivity contribution in [3.8, 4) is 0 Å². The summed E-state index contributed by atoms with van der Waals surface area (Å²) in [4.78, 5) is 15.3. The molecule has 1 unspecified atom stereocenters. The van der Waals surface area contributed by atoms with Crippen LogP contribution in [0.2, 0.25) is 0 Å². The van der Waals surface area contributed by atoms with Crippen LogP contribution in [0.4, 0.5) is 0 Å². The van der Waals surface area contributed by atoms with Gasteiger partial charge in [-0.3, -0.25) is 0 Å². The quantitative estimate of drug-likeness (QED) is 0.746. The van der Waals surface area contributed by atoms with Crippen LogP contribution in [0.5, 0.6) is 0 Å². The number of hydrogen-bond donors (Lipinski definition) is 0. The lowest BCUT2D eigenvalue weighted by Gasteiger charge is -2.19. The highest BCUT2D eigenvalue weighted by Crippen LogP contribution is 2.24. The van der Waals surface area contributed by atoms with Gasteiger partial charge in [0.05, 0.1) is 12.6 Å². The van der Waals surface area contributed by atoms with Gasteiger partial charge in [0.25, 0.3) is 10.0 Å². The first-order valence-corrected chi connectivity index (χ1v) is 8.14. The Morgan fingerprint density at radius 1 is 1.58 bits per heavy atom. The van der Waals surface area contributed by atoms with Gasteiger partial charge in [0.1, 0.15) is 0 Å². The van der Waals surface area contributed by atoms with Crippen LogP contribution in [0.25, 0.3) is 0 Å². The van der Waals surface area contributed by atoms with E-state index < -0.39 is 16.0 Å². The third kappa shape index (κ3) is 3.52. The van der Waals surface area contributed by atoms with Crippen molar-refractivity contribution in [2.24, 2.45) is 5.92 Å². The Labute approximate surface area is 117 Å². The summed E-state index contributed by atoms with van der Waals surface area (Å²) in [6.07, 6.45) is 0.881. The molecule has 0 fully saturated rings. The smallest absolute Gasteiger partial charge is 0.358 e. The van der Waals surface area contributed by atoms with E-state index in [1.165, 1.54) is 24.0 Å². The second kappa shape index (κ2) is 6.44. The SMILES string of the molecule is CCC(C)CN(C)S(=O)(=O)c1scnc1C(=O)OC. The summed E-state index contributed by atoms with van der Waals surface area (Å²) < 4.78 is 30.5. The van der Waals surface area contributed by atoms with Crippen LogP contribution in [0.15, 0.2) is 9.72 Å². The predicted octanol–water partition coefficient (Wildman–Crippen LogP) is 1.60. The Morgan fingerprint density at radius 3 is 2.74 bits per heavy atom. The Morgan fingerprint density at radius 2 is 2.21 bits per heavy atom. The normalized spacial score (nSPS) is 13.5. The third-order valence-corrected chi connectivity index (χ3v) is 5.99. The highest BCUT2D eigenvalue weighted by molar-refractivity contribution is 7.91. The summed E-state index contributed by atoms with van der Waals surface area (Å²) >= 11 is 0.922. The van der Waals surface area contributed by atoms with E-state index >= 15 is 0 Å². The van der Waals surface area contributed by atoms with Crippen LogP contribution in [0.1, 0.15) is 30.8 Å². The fraction of sp³-hybridized carbons (Fsp3) is 0.636. The van der Waals surface area contributed by atoms with Crippen LogP contribution >= 0.6 is 11.3 Å². The molecule has 0 aliphatic carbocycles. The number of hydrogen-bond acceptors (Lipinski definition) is 6. The standard InChI is InChI=1S/C11H18N2O4S2/c1-5-8(2)6-13(3)19(15,16)11-9(10(14)17-4)12-7-18-11/h7-8H,5-6H2,1-4H3. The number of rotatable bonds is 6. The molecule has 0 aliphatic rings. The average Bonchev–Trinajstić information content (AvgIpc) is 2.87. The van der Waals surface area contributed by atoms with Gasteiger partial charge in [-0.05, 0) is 5.92 Å². The molecule has 1 heterocycles. The van der Waals surface area contributed by atoms with Crippen LogP contribution in [0.3, 0.4) is 0 Å². The molecule has 0 spiro atoms. The Hall–Kier alpha value is -0.990. The van der Waals surface area contributed by atoms with Gasteiger partial charge < -0.3 is 4.74 Å². The number of esters is 1. The van der Waals surface area contributed by atoms with Crippen LogP contribution in [-0.2, 0) is 14.8 Å². The minimum atomic E-state index is -3.70. The lowest BCUT2D eigenvalue weighted by atomic mass is 10.1. The molecule has 0 aromatic carbocycles. The molecule has 1 atom stereocenters. The van der Waals surface area contributed by atoms with Gasteiger partial charge in [-0.25, -0.2) is 18.2 Å². The topological polar surface area (TPSA) is 76.6 Å². The zero-order valence-corrected chi connectivity index (χ0v) is 13.0. The lowest BCUT2D eigenvalue weighted by Crippen LogP contribution is -2.31. The number of thiazole rings is 1. The van der Waals surface area contributed by atoms with Gasteiger partial charge in [0.2, 0.25) is 0 Å². The number of aromatic nitrogens is 1. The number of carbonyl (C=O) groups excluding carboxylic acids is 1. The van der Waals surface area contributed by atoms with Crippen molar-refractivity contribution in [1.29, 1.82) is 0 Å². The predicted molar refractivity (Wildman–Crippen MR) is 72.7 cm³/mol. The molecular formula is C11H18N2O4S2. The number of sulfonamides is 1. The van der Waals surface area contributed by atoms with Crippen LogP contribution in [0, 0.1) is 5.92 Å². The summed E-state index contributed by atoms with van der Waals surface area (Å²) in [6, 6.07) is 0. The molecule has 0 N–H and O–H groups in total. The zero-order chi connectivity index (χ0) is 14.6. The van der Waals surface area contributed by atoms with Gasteiger partial charge >= 0.3 is 5.97 Å². The van der Waals surface area contributed by atoms with Gasteiger partial charge in [-0.1, -0.05) is 20.3 Å². The van der Waals surface area contributed by atoms with Crippen molar-refractivity contribution in [3.05, 3.63) is 11.2 Å². The highest BCUT2D eigenvalue weighted by Gasteiger charge is 2.30. The molecule has 1 aromatic heterocycles. The molecule has 0 amide bonds. The van der Waals surface area contributed by atoms with Crippen LogP contribution < -0.4 is 0 Å². The molecule has 8 heteroatoms. The van der Waals surface area contributed by atoms with Gasteiger partial charge in [-0.15, -0.1) is 11.3 Å². The van der Waals surface area contributed by atoms with Crippen molar-refractivity contribution in [3.63, 3.8) is 0 Å². The Bertz CT molecular complexity index is 539. The molecular weight excluding hydrogens is 288 g/mol. The van der Waals surface area contributed by atoms with Crippen molar-refractivity contribution < 1.29 is 17.9 Å². The van der Waals surface area contributed by atoms with Crippen molar-refractivity contribution in [2.45, 2.75) is 24.5 Å². The van der Waals surface area contributed by atoms with E-state index in [1.807, 2.05) is 13.8 Å². The molecule has 19 heavy (non-hydrogen) atoms. The molecule has 1 rings (SSSR count). The maximum atomic E-state index is 12.4. The largest absolute Gasteiger partial charge is 0.464 e. The van der Waals surface area contributed by atoms with E-state index in [0.717, 1.165) is 17.8 Å². The summed E-state index contributed by atoms with van der Waals surface area (Å²) in [5.74, 6) is -0.494. The van der Waals surface area contributed by atoms with Gasteiger partial charge in [0, 0.05) is 13.6 Å². The first-order valence-electron chi connectivity index (χ1n) is 5.82. The van der Waals surface area contributed by atoms with E-state index in [-0.39, 0.29) is 15.8 Å². The number of methoxy groups -OCH3 is 1. The van der Waals surface area contributed by atoms with E-state index in [2.05, 4.69) is 9.72 Å². The molecule has 0 saturated carbocycles. The second-order valence-corrected chi connectivity index (χ2v) is 7.37. The second-order valence-electron chi connectivity index (χ2n) is 4.28. The summed E-state index contributed by atoms with van der Waals surface area (Å²) in [5.41, 5.74) is 1.18. The zero-order valence-electron chi connectivity index (χ0n) is 11.4. The molecule has 0 aliphatic heterocycles. The lowest BCUT2D eigenvalue weighted by molar-refractivity contribution is 0.0590. The first-order chi connectivity index (χ1) is 8.84. The van der Waals surface area contributed by atoms with Crippen molar-refractivity contribution in [1.82, 2.24) is 9.29 Å². The van der Waals surface area contributed by atoms with E-state index in [0.29, 0.717) is 6.54 Å². The van der Waals surface area contributed by atoms with E-state index in [1.54, 1.807) is 0 Å². The third-order valence-electron chi connectivity index (χ3n) is 2.82. The summed E-state index contributed by atoms with van der Waals surface area (Å²) in [5, 5.41) is 0. The highest BCUT2D eigenvalue weighted by atomic mass is 32.2. The van der Waals surface area contributed by atoms with E-state index in [4.69, 9.17) is 0 Å². The number of carbonyl (C=O) groups is 1. The molecule has 6 nitrogen and oxygen atoms in total. The molecule has 0 saturated heterocycles. The average molecular weight is 306 g/mol. The minimum absolute atomic E-state index is 0.0647. The molecule has 1 aromatic rings. The van der Waals surface area contributed by atoms with Gasteiger partial charge in [0.15, 0.2) is 9.90 Å². The summed E-state index contributed by atoms with van der Waals surface area (Å²) in [7, 11) is -1.00. The molecule has 0 radical (unpaired) electrons. The molecule has 108 valence electrons. The van der Waals surface area contributed by atoms with Crippen molar-refractivity contribution >= 4 is 27.3 Å². The number of nitrogens with zero attached hydrogens (tertiary/aromatic N) is 2. The van der Waals surface area contributed by atoms with Crippen molar-refractivity contribution in [2.75, 3.05) is 20.7 Å². The fourth-order valence-corrected chi connectivity index (χ4v) is 4.07. The fourth-order valence-electron chi connectivity index (χ4n) is 1.46. The maximum Gasteiger partial charge on any atom is 0.358 e. The van der Waals surface area contributed by atoms with Gasteiger partial charge in [-0.2, -0.15) is 4.31 Å². The Balaban J connectivity index is 3.07. The van der Waals surface area contributed by atoms with E-state index in [9.17, 15) is 13.2 Å². The number of ether oxygens (including phenoxy) is 1. The monoisotopic (exact) mass is 306 g/mol. The maximum absolute atomic E-state index is 12.4.